The third kappa shape index (κ3) is 5.55. The maximum atomic E-state index is 12.0. The largest absolute Gasteiger partial charge is 0.477 e. The molecule has 2 amide bonds. The number of carbonyl (C=O) groups is 3. The Balaban J connectivity index is 1.82. The second-order valence-electron chi connectivity index (χ2n) is 4.87. The van der Waals surface area contributed by atoms with Crippen LogP contribution >= 0.6 is 15.9 Å². The van der Waals surface area contributed by atoms with E-state index >= 15 is 0 Å². The van der Waals surface area contributed by atoms with Crippen LogP contribution in [0.5, 0.6) is 5.88 Å². The zero-order valence-corrected chi connectivity index (χ0v) is 15.4. The Morgan fingerprint density at radius 2 is 1.85 bits per heavy atom. The van der Waals surface area contributed by atoms with Crippen LogP contribution in [0, 0.1) is 0 Å². The fourth-order valence-corrected chi connectivity index (χ4v) is 2.11. The van der Waals surface area contributed by atoms with Crippen molar-refractivity contribution in [3.05, 3.63) is 58.2 Å². The van der Waals surface area contributed by atoms with Crippen LogP contribution < -0.4 is 15.6 Å². The standard InChI is InChI=1S/C17H16BrN3O5/c1-2-25-16-13(4-3-9-19-16)17(24)26-10-14(22)20-21-15(23)11-5-7-12(18)8-6-11/h3-9H,2,10H2,1H3,(H,20,22)(H,21,23). The van der Waals surface area contributed by atoms with E-state index in [-0.39, 0.29) is 11.4 Å². The van der Waals surface area contributed by atoms with E-state index in [1.165, 1.54) is 12.3 Å². The quantitative estimate of drug-likeness (QED) is 0.544. The van der Waals surface area contributed by atoms with Gasteiger partial charge in [-0.3, -0.25) is 20.4 Å². The predicted molar refractivity (Wildman–Crippen MR) is 95.4 cm³/mol. The second kappa shape index (κ2) is 9.52. The zero-order valence-electron chi connectivity index (χ0n) is 13.8. The number of hydrogen-bond donors (Lipinski definition) is 2. The maximum absolute atomic E-state index is 12.0. The highest BCUT2D eigenvalue weighted by Crippen LogP contribution is 2.15. The first-order valence-electron chi connectivity index (χ1n) is 7.61. The number of benzene rings is 1. The summed E-state index contributed by atoms with van der Waals surface area (Å²) in [6.07, 6.45) is 1.48. The molecule has 2 aromatic rings. The van der Waals surface area contributed by atoms with Gasteiger partial charge in [-0.2, -0.15) is 0 Å². The number of aromatic nitrogens is 1. The summed E-state index contributed by atoms with van der Waals surface area (Å²) in [7, 11) is 0. The van der Waals surface area contributed by atoms with Gasteiger partial charge in [0, 0.05) is 16.2 Å². The number of pyridine rings is 1. The van der Waals surface area contributed by atoms with Gasteiger partial charge in [-0.05, 0) is 43.3 Å². The highest BCUT2D eigenvalue weighted by atomic mass is 79.9. The van der Waals surface area contributed by atoms with Crippen LogP contribution in [0.25, 0.3) is 0 Å². The Hall–Kier alpha value is -2.94. The molecule has 0 spiro atoms. The summed E-state index contributed by atoms with van der Waals surface area (Å²) < 4.78 is 11.0. The van der Waals surface area contributed by atoms with Crippen LogP contribution in [0.2, 0.25) is 0 Å². The van der Waals surface area contributed by atoms with Crippen LogP contribution in [-0.4, -0.2) is 36.0 Å². The van der Waals surface area contributed by atoms with Crippen LogP contribution in [0.1, 0.15) is 27.6 Å². The average molecular weight is 422 g/mol. The van der Waals surface area contributed by atoms with Gasteiger partial charge in [0.1, 0.15) is 5.56 Å². The molecule has 0 unspecified atom stereocenters. The molecule has 0 saturated heterocycles. The molecule has 8 nitrogen and oxygen atoms in total. The van der Waals surface area contributed by atoms with E-state index in [2.05, 4.69) is 31.8 Å². The van der Waals surface area contributed by atoms with Crippen molar-refractivity contribution >= 4 is 33.7 Å². The predicted octanol–water partition coefficient (Wildman–Crippen LogP) is 1.86. The van der Waals surface area contributed by atoms with Crippen LogP contribution in [0.15, 0.2) is 47.1 Å². The molecule has 26 heavy (non-hydrogen) atoms. The third-order valence-corrected chi connectivity index (χ3v) is 3.56. The summed E-state index contributed by atoms with van der Waals surface area (Å²) in [4.78, 5) is 39.5. The van der Waals surface area contributed by atoms with E-state index < -0.39 is 24.4 Å². The van der Waals surface area contributed by atoms with E-state index in [1.54, 1.807) is 37.3 Å². The maximum Gasteiger partial charge on any atom is 0.344 e. The van der Waals surface area contributed by atoms with Gasteiger partial charge in [0.15, 0.2) is 6.61 Å². The Labute approximate surface area is 158 Å². The van der Waals surface area contributed by atoms with Crippen molar-refractivity contribution in [3.63, 3.8) is 0 Å². The topological polar surface area (TPSA) is 107 Å². The smallest absolute Gasteiger partial charge is 0.344 e. The lowest BCUT2D eigenvalue weighted by molar-refractivity contribution is -0.125. The van der Waals surface area contributed by atoms with Crippen molar-refractivity contribution in [2.24, 2.45) is 0 Å². The molecule has 1 aromatic heterocycles. The van der Waals surface area contributed by atoms with Crippen LogP contribution in [0.4, 0.5) is 0 Å². The molecule has 0 aliphatic heterocycles. The highest BCUT2D eigenvalue weighted by Gasteiger charge is 2.16. The molecule has 2 N–H and O–H groups in total. The summed E-state index contributed by atoms with van der Waals surface area (Å²) in [6, 6.07) is 9.60. The first-order valence-corrected chi connectivity index (χ1v) is 8.40. The molecule has 1 heterocycles. The van der Waals surface area contributed by atoms with Crippen molar-refractivity contribution in [1.29, 1.82) is 0 Å². The van der Waals surface area contributed by atoms with Crippen molar-refractivity contribution in [2.75, 3.05) is 13.2 Å². The molecule has 0 fully saturated rings. The summed E-state index contributed by atoms with van der Waals surface area (Å²) in [5.74, 6) is -1.81. The SMILES string of the molecule is CCOc1ncccc1C(=O)OCC(=O)NNC(=O)c1ccc(Br)cc1. The van der Waals surface area contributed by atoms with Crippen molar-refractivity contribution in [2.45, 2.75) is 6.92 Å². The number of nitrogens with one attached hydrogen (secondary N) is 2. The molecule has 136 valence electrons. The van der Waals surface area contributed by atoms with Gasteiger partial charge in [0.2, 0.25) is 5.88 Å². The zero-order chi connectivity index (χ0) is 18.9. The first kappa shape index (κ1) is 19.4. The van der Waals surface area contributed by atoms with E-state index in [4.69, 9.17) is 9.47 Å². The van der Waals surface area contributed by atoms with E-state index in [9.17, 15) is 14.4 Å². The van der Waals surface area contributed by atoms with Gasteiger partial charge in [-0.25, -0.2) is 9.78 Å². The molecular formula is C17H16BrN3O5. The Bertz CT molecular complexity index is 795. The fourth-order valence-electron chi connectivity index (χ4n) is 1.84. The van der Waals surface area contributed by atoms with E-state index in [0.717, 1.165) is 4.47 Å². The second-order valence-corrected chi connectivity index (χ2v) is 5.79. The van der Waals surface area contributed by atoms with Crippen LogP contribution in [-0.2, 0) is 9.53 Å². The van der Waals surface area contributed by atoms with Crippen LogP contribution in [0.3, 0.4) is 0 Å². The van der Waals surface area contributed by atoms with Gasteiger partial charge in [0.25, 0.3) is 11.8 Å². The molecule has 0 saturated carbocycles. The van der Waals surface area contributed by atoms with Gasteiger partial charge in [0.05, 0.1) is 6.61 Å². The summed E-state index contributed by atoms with van der Waals surface area (Å²) in [5, 5.41) is 0. The van der Waals surface area contributed by atoms with Gasteiger partial charge < -0.3 is 9.47 Å². The number of hydrogen-bond acceptors (Lipinski definition) is 6. The molecular weight excluding hydrogens is 406 g/mol. The number of rotatable bonds is 6. The molecule has 2 rings (SSSR count). The molecule has 0 radical (unpaired) electrons. The number of hydrazine groups is 1. The molecule has 1 aromatic carbocycles. The highest BCUT2D eigenvalue weighted by molar-refractivity contribution is 9.10. The van der Waals surface area contributed by atoms with Gasteiger partial charge in [-0.15, -0.1) is 0 Å². The average Bonchev–Trinajstić information content (AvgIpc) is 2.65. The number of nitrogens with zero attached hydrogens (tertiary/aromatic N) is 1. The molecule has 0 atom stereocenters. The number of amides is 2. The lowest BCUT2D eigenvalue weighted by Crippen LogP contribution is -2.43. The monoisotopic (exact) mass is 421 g/mol. The molecule has 0 aliphatic rings. The Morgan fingerprint density at radius 1 is 1.12 bits per heavy atom. The minimum Gasteiger partial charge on any atom is -0.477 e. The lowest BCUT2D eigenvalue weighted by atomic mass is 10.2. The van der Waals surface area contributed by atoms with Gasteiger partial charge in [-0.1, -0.05) is 15.9 Å². The minimum atomic E-state index is -0.754. The fraction of sp³-hybridized carbons (Fsp3) is 0.176. The lowest BCUT2D eigenvalue weighted by Gasteiger charge is -2.10. The summed E-state index contributed by atoms with van der Waals surface area (Å²) in [6.45, 7) is 1.52. The summed E-state index contributed by atoms with van der Waals surface area (Å²) >= 11 is 3.26. The molecule has 0 aliphatic carbocycles. The number of ether oxygens (including phenoxy) is 2. The van der Waals surface area contributed by atoms with Crippen molar-refractivity contribution < 1.29 is 23.9 Å². The van der Waals surface area contributed by atoms with Crippen molar-refractivity contribution in [3.8, 4) is 5.88 Å². The minimum absolute atomic E-state index is 0.112. The molecule has 9 heteroatoms. The normalized spacial score (nSPS) is 9.92. The summed E-state index contributed by atoms with van der Waals surface area (Å²) in [5.41, 5.74) is 4.87. The van der Waals surface area contributed by atoms with E-state index in [0.29, 0.717) is 12.2 Å². The number of carbonyl (C=O) groups excluding carboxylic acids is 3. The number of halogens is 1. The van der Waals surface area contributed by atoms with E-state index in [1.807, 2.05) is 0 Å². The third-order valence-electron chi connectivity index (χ3n) is 3.03. The Kier molecular flexibility index (Phi) is 7.10. The van der Waals surface area contributed by atoms with Crippen molar-refractivity contribution in [1.82, 2.24) is 15.8 Å². The number of esters is 1. The molecule has 0 bridgehead atoms. The van der Waals surface area contributed by atoms with Gasteiger partial charge >= 0.3 is 5.97 Å². The first-order chi connectivity index (χ1) is 12.5. The Morgan fingerprint density at radius 3 is 2.54 bits per heavy atom.